The lowest BCUT2D eigenvalue weighted by Crippen LogP contribution is -2.60. The summed E-state index contributed by atoms with van der Waals surface area (Å²) in [6.07, 6.45) is 3.19. The van der Waals surface area contributed by atoms with Crippen LogP contribution in [-0.2, 0) is 20.9 Å². The number of likely N-dealkylation sites (tertiary alicyclic amines) is 1. The molecule has 1 saturated carbocycles. The molecule has 1 aromatic carbocycles. The lowest BCUT2D eigenvalue weighted by atomic mass is 10.00. The summed E-state index contributed by atoms with van der Waals surface area (Å²) in [4.78, 5) is 45.7. The van der Waals surface area contributed by atoms with Gasteiger partial charge in [-0.25, -0.2) is 13.8 Å². The Morgan fingerprint density at radius 1 is 1.28 bits per heavy atom. The van der Waals surface area contributed by atoms with Gasteiger partial charge < -0.3 is 15.5 Å². The molecule has 2 aliphatic rings. The Kier molecular flexibility index (Phi) is 10.1. The first kappa shape index (κ1) is 31.0. The molecule has 2 aromatic rings. The van der Waals surface area contributed by atoms with E-state index in [-0.39, 0.29) is 25.3 Å². The summed E-state index contributed by atoms with van der Waals surface area (Å²) in [5.41, 5.74) is 1.69. The Morgan fingerprint density at radius 3 is 2.54 bits per heavy atom. The number of thioether (sulfide) groups is 1. The second kappa shape index (κ2) is 12.8. The lowest BCUT2D eigenvalue weighted by Gasteiger charge is -2.36. The first-order valence-corrected chi connectivity index (χ1v) is 15.4. The normalized spacial score (nSPS) is 18.6. The Labute approximate surface area is 237 Å². The quantitative estimate of drug-likeness (QED) is 0.435. The van der Waals surface area contributed by atoms with Gasteiger partial charge in [0, 0.05) is 23.4 Å². The van der Waals surface area contributed by atoms with Crippen LogP contribution >= 0.6 is 23.1 Å². The highest BCUT2D eigenvalue weighted by Crippen LogP contribution is 2.40. The van der Waals surface area contributed by atoms with Gasteiger partial charge in [-0.3, -0.25) is 14.4 Å². The third kappa shape index (κ3) is 6.98. The van der Waals surface area contributed by atoms with E-state index in [1.165, 1.54) is 34.1 Å². The number of nitrogens with zero attached hydrogens (tertiary/aromatic N) is 2. The summed E-state index contributed by atoms with van der Waals surface area (Å²) in [5.74, 6) is -2.01. The van der Waals surface area contributed by atoms with E-state index in [1.807, 2.05) is 40.9 Å². The van der Waals surface area contributed by atoms with Gasteiger partial charge in [0.15, 0.2) is 5.67 Å². The van der Waals surface area contributed by atoms with E-state index >= 15 is 0 Å². The fourth-order valence-corrected chi connectivity index (χ4v) is 5.63. The number of nitrogens with one attached hydrogen (secondary N) is 2. The van der Waals surface area contributed by atoms with Crippen LogP contribution in [0.2, 0.25) is 0 Å². The van der Waals surface area contributed by atoms with Gasteiger partial charge >= 0.3 is 0 Å². The molecule has 2 unspecified atom stereocenters. The molecule has 3 amide bonds. The van der Waals surface area contributed by atoms with E-state index in [0.29, 0.717) is 24.9 Å². The van der Waals surface area contributed by atoms with Crippen LogP contribution in [0.4, 0.5) is 8.78 Å². The maximum Gasteiger partial charge on any atom is 0.258 e. The van der Waals surface area contributed by atoms with Gasteiger partial charge in [-0.15, -0.1) is 11.3 Å². The number of aromatic nitrogens is 1. The van der Waals surface area contributed by atoms with Gasteiger partial charge in [-0.2, -0.15) is 11.8 Å². The number of alkyl halides is 1. The van der Waals surface area contributed by atoms with Crippen LogP contribution in [0.1, 0.15) is 64.6 Å². The number of amides is 3. The number of hydrogen-bond acceptors (Lipinski definition) is 6. The van der Waals surface area contributed by atoms with Gasteiger partial charge in [0.05, 0.1) is 16.1 Å². The van der Waals surface area contributed by atoms with E-state index in [0.717, 1.165) is 16.1 Å². The van der Waals surface area contributed by atoms with Crippen molar-refractivity contribution in [3.05, 3.63) is 40.8 Å². The number of thiazole rings is 1. The second-order valence-electron chi connectivity index (χ2n) is 10.2. The zero-order chi connectivity index (χ0) is 29.0. The van der Waals surface area contributed by atoms with Crippen molar-refractivity contribution in [2.45, 2.75) is 89.3 Å². The topological polar surface area (TPSA) is 91.4 Å². The van der Waals surface area contributed by atoms with Gasteiger partial charge in [-0.05, 0) is 64.3 Å². The molecule has 2 heterocycles. The molecule has 1 aliphatic heterocycles. The van der Waals surface area contributed by atoms with Crippen LogP contribution in [0, 0.1) is 12.7 Å². The van der Waals surface area contributed by atoms with Crippen molar-refractivity contribution in [1.82, 2.24) is 20.5 Å². The fourth-order valence-electron chi connectivity index (χ4n) is 4.43. The van der Waals surface area contributed by atoms with Gasteiger partial charge in [0.25, 0.3) is 5.91 Å². The molecule has 7 nitrogen and oxygen atoms in total. The molecule has 2 atom stereocenters. The monoisotopic (exact) mass is 580 g/mol. The number of carbonyl (C=O) groups excluding carboxylic acids is 3. The minimum atomic E-state index is -1.91. The van der Waals surface area contributed by atoms with Crippen LogP contribution in [0.3, 0.4) is 0 Å². The highest BCUT2D eigenvalue weighted by Gasteiger charge is 2.53. The molecule has 2 N–H and O–H groups in total. The predicted octanol–water partition coefficient (Wildman–Crippen LogP) is 5.02. The van der Waals surface area contributed by atoms with Crippen molar-refractivity contribution in [3.63, 3.8) is 0 Å². The van der Waals surface area contributed by atoms with Gasteiger partial charge in [0.2, 0.25) is 11.8 Å². The van der Waals surface area contributed by atoms with Gasteiger partial charge in [-0.1, -0.05) is 26.0 Å². The number of aryl methyl sites for hydroxylation is 1. The fraction of sp³-hybridized carbons (Fsp3) is 0.571. The molecule has 4 rings (SSSR count). The first-order chi connectivity index (χ1) is 18.5. The largest absolute Gasteiger partial charge is 0.350 e. The molecule has 39 heavy (non-hydrogen) atoms. The molecule has 11 heteroatoms. The Balaban J connectivity index is 0.00000205. The van der Waals surface area contributed by atoms with E-state index in [1.54, 1.807) is 17.6 Å². The van der Waals surface area contributed by atoms with Crippen molar-refractivity contribution < 1.29 is 23.2 Å². The van der Waals surface area contributed by atoms with E-state index < -0.39 is 40.1 Å². The minimum Gasteiger partial charge on any atom is -0.350 e. The zero-order valence-electron chi connectivity index (χ0n) is 23.4. The van der Waals surface area contributed by atoms with Crippen LogP contribution in [-0.4, -0.2) is 62.9 Å². The average Bonchev–Trinajstić information content (AvgIpc) is 3.29. The highest BCUT2D eigenvalue weighted by atomic mass is 32.2. The van der Waals surface area contributed by atoms with Crippen molar-refractivity contribution in [1.29, 1.82) is 0 Å². The zero-order valence-corrected chi connectivity index (χ0v) is 25.0. The molecule has 1 aliphatic carbocycles. The maximum absolute atomic E-state index is 14.8. The van der Waals surface area contributed by atoms with Crippen molar-refractivity contribution in [2.24, 2.45) is 0 Å². The molecular formula is C28H38F2N4O3S2. The number of hydrogen-bond donors (Lipinski definition) is 2. The molecule has 0 bridgehead atoms. The number of benzene rings is 1. The summed E-state index contributed by atoms with van der Waals surface area (Å²) in [6.45, 7) is 9.81. The number of carbonyl (C=O) groups is 3. The SMILES string of the molecule is CC.CSC(C)(C)C(NC(=O)C1(F)CC1)C(=O)N1CCCC1C(=O)NCc1ccc(-c2scnc2C)cc1F. The molecule has 0 spiro atoms. The number of rotatable bonds is 9. The maximum atomic E-state index is 14.8. The van der Waals surface area contributed by atoms with Crippen LogP contribution in [0.5, 0.6) is 0 Å². The highest BCUT2D eigenvalue weighted by molar-refractivity contribution is 8.00. The predicted molar refractivity (Wildman–Crippen MR) is 153 cm³/mol. The number of halogens is 2. The van der Waals surface area contributed by atoms with Crippen molar-refractivity contribution in [2.75, 3.05) is 12.8 Å². The third-order valence-electron chi connectivity index (χ3n) is 7.19. The first-order valence-electron chi connectivity index (χ1n) is 13.3. The molecule has 214 valence electrons. The molecule has 1 saturated heterocycles. The average molecular weight is 581 g/mol. The van der Waals surface area contributed by atoms with E-state index in [2.05, 4.69) is 15.6 Å². The summed E-state index contributed by atoms with van der Waals surface area (Å²) >= 11 is 2.82. The lowest BCUT2D eigenvalue weighted by molar-refractivity contribution is -0.143. The third-order valence-corrected chi connectivity index (χ3v) is 9.46. The smallest absolute Gasteiger partial charge is 0.258 e. The summed E-state index contributed by atoms with van der Waals surface area (Å²) < 4.78 is 28.5. The molecule has 1 aromatic heterocycles. The summed E-state index contributed by atoms with van der Waals surface area (Å²) in [7, 11) is 0. The molecule has 2 fully saturated rings. The van der Waals surface area contributed by atoms with Crippen LogP contribution < -0.4 is 10.6 Å². The Bertz CT molecular complexity index is 1200. The summed E-state index contributed by atoms with van der Waals surface area (Å²) in [6, 6.07) is 3.14. The minimum absolute atomic E-state index is 0.0218. The molecule has 0 radical (unpaired) electrons. The van der Waals surface area contributed by atoms with Crippen molar-refractivity contribution in [3.8, 4) is 10.4 Å². The molecular weight excluding hydrogens is 542 g/mol. The second-order valence-corrected chi connectivity index (χ2v) is 12.5. The Morgan fingerprint density at radius 2 is 1.97 bits per heavy atom. The van der Waals surface area contributed by atoms with E-state index in [4.69, 9.17) is 0 Å². The van der Waals surface area contributed by atoms with Crippen LogP contribution in [0.15, 0.2) is 23.7 Å². The summed E-state index contributed by atoms with van der Waals surface area (Å²) in [5, 5.41) is 5.39. The van der Waals surface area contributed by atoms with Crippen molar-refractivity contribution >= 4 is 40.8 Å². The van der Waals surface area contributed by atoms with E-state index in [9.17, 15) is 23.2 Å². The Hall–Kier alpha value is -2.53. The standard InChI is InChI=1S/C26H32F2N4O3S2.C2H6/c1-15-20(37-14-30-15)16-7-8-17(18(27)12-16)13-29-22(33)19-6-5-11-32(19)23(34)21(25(2,3)36-4)31-24(35)26(28)9-10-26;1-2/h7-8,12,14,19,21H,5-6,9-11,13H2,1-4H3,(H,29,33)(H,31,35);1-2H3. The van der Waals surface area contributed by atoms with Gasteiger partial charge in [0.1, 0.15) is 17.9 Å². The van der Waals surface area contributed by atoms with Crippen LogP contribution in [0.25, 0.3) is 10.4 Å².